The Labute approximate surface area is 107 Å². The molecule has 1 rings (SSSR count). The van der Waals surface area contributed by atoms with Gasteiger partial charge in [0.25, 0.3) is 0 Å². The summed E-state index contributed by atoms with van der Waals surface area (Å²) in [7, 11) is 1.69. The van der Waals surface area contributed by atoms with Crippen LogP contribution in [0.25, 0.3) is 0 Å². The van der Waals surface area contributed by atoms with E-state index in [9.17, 15) is 0 Å². The summed E-state index contributed by atoms with van der Waals surface area (Å²) in [6, 6.07) is 8.30. The number of nitrogens with zero attached hydrogens (tertiary/aromatic N) is 1. The zero-order valence-corrected chi connectivity index (χ0v) is 11.1. The lowest BCUT2D eigenvalue weighted by molar-refractivity contribution is 0.199. The predicted molar refractivity (Wildman–Crippen MR) is 71.1 cm³/mol. The van der Waals surface area contributed by atoms with Crippen molar-refractivity contribution in [3.63, 3.8) is 0 Å². The summed E-state index contributed by atoms with van der Waals surface area (Å²) in [5.41, 5.74) is 1.90. The summed E-state index contributed by atoms with van der Waals surface area (Å²) in [6.45, 7) is 4.39. The largest absolute Gasteiger partial charge is 0.383 e. The van der Waals surface area contributed by atoms with E-state index in [1.54, 1.807) is 18.9 Å². The highest BCUT2D eigenvalue weighted by Crippen LogP contribution is 2.22. The van der Waals surface area contributed by atoms with E-state index in [1.165, 1.54) is 0 Å². The molecular weight excluding hydrogens is 232 g/mol. The first kappa shape index (κ1) is 14.0. The van der Waals surface area contributed by atoms with Crippen LogP contribution in [0.4, 0.5) is 0 Å². The Morgan fingerprint density at radius 1 is 1.47 bits per heavy atom. The summed E-state index contributed by atoms with van der Waals surface area (Å²) >= 11 is 1.70. The van der Waals surface area contributed by atoms with Gasteiger partial charge in [-0.2, -0.15) is 5.26 Å². The van der Waals surface area contributed by atoms with Crippen LogP contribution in [-0.2, 0) is 11.3 Å². The van der Waals surface area contributed by atoms with Gasteiger partial charge < -0.3 is 10.1 Å². The molecule has 0 aromatic heterocycles. The monoisotopic (exact) mass is 250 g/mol. The van der Waals surface area contributed by atoms with Crippen molar-refractivity contribution in [3.8, 4) is 6.07 Å². The van der Waals surface area contributed by atoms with Gasteiger partial charge >= 0.3 is 0 Å². The van der Waals surface area contributed by atoms with Crippen LogP contribution in [0.2, 0.25) is 0 Å². The van der Waals surface area contributed by atoms with Crippen LogP contribution in [0.1, 0.15) is 18.1 Å². The van der Waals surface area contributed by atoms with Gasteiger partial charge in [0.15, 0.2) is 0 Å². The molecular formula is C13H18N2OS. The number of thioether (sulfide) groups is 1. The third-order valence-electron chi connectivity index (χ3n) is 2.28. The van der Waals surface area contributed by atoms with E-state index in [1.807, 2.05) is 12.1 Å². The third kappa shape index (κ3) is 4.78. The third-order valence-corrected chi connectivity index (χ3v) is 3.23. The first-order chi connectivity index (χ1) is 8.31. The number of benzene rings is 1. The molecule has 0 aliphatic rings. The van der Waals surface area contributed by atoms with E-state index in [0.29, 0.717) is 6.61 Å². The topological polar surface area (TPSA) is 45.0 Å². The van der Waals surface area contributed by atoms with Crippen molar-refractivity contribution >= 4 is 11.8 Å². The van der Waals surface area contributed by atoms with E-state index < -0.39 is 0 Å². The lowest BCUT2D eigenvalue weighted by Gasteiger charge is -2.07. The normalized spacial score (nSPS) is 10.2. The lowest BCUT2D eigenvalue weighted by Crippen LogP contribution is -2.18. The SMILES string of the molecule is CCSc1ccc(CNCCOC)cc1C#N. The molecule has 0 aliphatic heterocycles. The number of nitrogens with one attached hydrogen (secondary N) is 1. The molecule has 0 spiro atoms. The number of methoxy groups -OCH3 is 1. The van der Waals surface area contributed by atoms with Crippen LogP contribution in [0.3, 0.4) is 0 Å². The van der Waals surface area contributed by atoms with E-state index in [2.05, 4.69) is 24.4 Å². The Bertz CT molecular complexity index is 387. The van der Waals surface area contributed by atoms with Crippen molar-refractivity contribution in [2.45, 2.75) is 18.4 Å². The van der Waals surface area contributed by atoms with Crippen molar-refractivity contribution in [1.29, 1.82) is 5.26 Å². The van der Waals surface area contributed by atoms with Crippen molar-refractivity contribution in [3.05, 3.63) is 29.3 Å². The molecule has 0 atom stereocenters. The highest BCUT2D eigenvalue weighted by Gasteiger charge is 2.03. The Kier molecular flexibility index (Phi) is 6.71. The first-order valence-corrected chi connectivity index (χ1v) is 6.65. The van der Waals surface area contributed by atoms with E-state index in [-0.39, 0.29) is 0 Å². The summed E-state index contributed by atoms with van der Waals surface area (Å²) in [5.74, 6) is 0.986. The van der Waals surface area contributed by atoms with Crippen LogP contribution in [-0.4, -0.2) is 26.0 Å². The summed E-state index contributed by atoms with van der Waals surface area (Å²) < 4.78 is 4.96. The fourth-order valence-corrected chi connectivity index (χ4v) is 2.20. The maximum Gasteiger partial charge on any atom is 0.100 e. The second-order valence-corrected chi connectivity index (χ2v) is 4.85. The van der Waals surface area contributed by atoms with Gasteiger partial charge in [0.2, 0.25) is 0 Å². The molecule has 0 fully saturated rings. The second-order valence-electron chi connectivity index (χ2n) is 3.54. The number of rotatable bonds is 7. The summed E-state index contributed by atoms with van der Waals surface area (Å²) in [4.78, 5) is 1.07. The predicted octanol–water partition coefficient (Wildman–Crippen LogP) is 2.41. The molecule has 1 aromatic rings. The smallest absolute Gasteiger partial charge is 0.100 e. The van der Waals surface area contributed by atoms with Gasteiger partial charge in [-0.1, -0.05) is 13.0 Å². The molecule has 1 aromatic carbocycles. The van der Waals surface area contributed by atoms with Crippen LogP contribution >= 0.6 is 11.8 Å². The lowest BCUT2D eigenvalue weighted by atomic mass is 10.1. The molecule has 0 unspecified atom stereocenters. The molecule has 0 saturated heterocycles. The van der Waals surface area contributed by atoms with Gasteiger partial charge in [-0.15, -0.1) is 11.8 Å². The Morgan fingerprint density at radius 2 is 2.29 bits per heavy atom. The van der Waals surface area contributed by atoms with Gasteiger partial charge in [0.1, 0.15) is 6.07 Å². The molecule has 0 heterocycles. The molecule has 17 heavy (non-hydrogen) atoms. The highest BCUT2D eigenvalue weighted by molar-refractivity contribution is 7.99. The number of hydrogen-bond donors (Lipinski definition) is 1. The number of ether oxygens (including phenoxy) is 1. The van der Waals surface area contributed by atoms with Crippen molar-refractivity contribution in [2.75, 3.05) is 26.0 Å². The standard InChI is InChI=1S/C13H18N2OS/c1-3-17-13-5-4-11(8-12(13)9-14)10-15-6-7-16-2/h4-5,8,15H,3,6-7,10H2,1-2H3. The minimum absolute atomic E-state index is 0.703. The molecule has 0 aliphatic carbocycles. The van der Waals surface area contributed by atoms with Crippen molar-refractivity contribution < 1.29 is 4.74 Å². The van der Waals surface area contributed by atoms with Gasteiger partial charge in [0.05, 0.1) is 12.2 Å². The van der Waals surface area contributed by atoms with Crippen LogP contribution in [0, 0.1) is 11.3 Å². The fraction of sp³-hybridized carbons (Fsp3) is 0.462. The zero-order chi connectivity index (χ0) is 12.5. The van der Waals surface area contributed by atoms with Gasteiger partial charge in [-0.3, -0.25) is 0 Å². The average Bonchev–Trinajstić information content (AvgIpc) is 2.36. The molecule has 0 saturated carbocycles. The van der Waals surface area contributed by atoms with Gasteiger partial charge in [0, 0.05) is 25.1 Å². The summed E-state index contributed by atoms with van der Waals surface area (Å²) in [6.07, 6.45) is 0. The fourth-order valence-electron chi connectivity index (χ4n) is 1.46. The average molecular weight is 250 g/mol. The Morgan fingerprint density at radius 3 is 2.94 bits per heavy atom. The van der Waals surface area contributed by atoms with E-state index in [0.717, 1.165) is 34.9 Å². The quantitative estimate of drug-likeness (QED) is 0.596. The van der Waals surface area contributed by atoms with Crippen LogP contribution in [0.15, 0.2) is 23.1 Å². The maximum atomic E-state index is 9.08. The highest BCUT2D eigenvalue weighted by atomic mass is 32.2. The van der Waals surface area contributed by atoms with E-state index in [4.69, 9.17) is 10.00 Å². The number of nitriles is 1. The number of hydrogen-bond acceptors (Lipinski definition) is 4. The minimum atomic E-state index is 0.703. The molecule has 0 bridgehead atoms. The van der Waals surface area contributed by atoms with Gasteiger partial charge in [-0.05, 0) is 23.4 Å². The van der Waals surface area contributed by atoms with Crippen LogP contribution in [0.5, 0.6) is 0 Å². The molecule has 3 nitrogen and oxygen atoms in total. The summed E-state index contributed by atoms with van der Waals surface area (Å²) in [5, 5.41) is 12.3. The maximum absolute atomic E-state index is 9.08. The van der Waals surface area contributed by atoms with Crippen molar-refractivity contribution in [1.82, 2.24) is 5.32 Å². The van der Waals surface area contributed by atoms with Crippen molar-refractivity contribution in [2.24, 2.45) is 0 Å². The molecule has 4 heteroatoms. The first-order valence-electron chi connectivity index (χ1n) is 5.67. The minimum Gasteiger partial charge on any atom is -0.383 e. The molecule has 0 radical (unpaired) electrons. The molecule has 92 valence electrons. The molecule has 1 N–H and O–H groups in total. The Hall–Kier alpha value is -1.02. The zero-order valence-electron chi connectivity index (χ0n) is 10.3. The van der Waals surface area contributed by atoms with Crippen LogP contribution < -0.4 is 5.32 Å². The molecule has 0 amide bonds. The van der Waals surface area contributed by atoms with Gasteiger partial charge in [-0.25, -0.2) is 0 Å². The Balaban J connectivity index is 2.60. The second kappa shape index (κ2) is 8.13. The van der Waals surface area contributed by atoms with E-state index >= 15 is 0 Å².